The van der Waals surface area contributed by atoms with Crippen molar-refractivity contribution >= 4 is 46.3 Å². The standard InChI is InChI=1S/C57H74FN9O5.FH2N/c1-37-29-44(33-48(58)52(37)42-15-22-65(23-16-42)39(3)51-34-46-43(12-19-61-53(46)62(51)6)32-45(59-4)30-38(2)72-7)55(70)66-20-13-40(14-21-66)35-63-24-26-64(27-25-63)36-41-10-11-49-47(31-41)57(17-18-57)56(71)67(49)50(9-8-28-68)54(69)60-5;1-2/h10-12,15,19,28-31,33-34,38-40,50,59H,8-9,13-14,16-18,20-27,32,35-36H2,1-7H3,(H,60,69);2H2/b45-30+;. The maximum absolute atomic E-state index is 16.1. The van der Waals surface area contributed by atoms with Crippen molar-refractivity contribution in [2.75, 3.05) is 85.0 Å². The van der Waals surface area contributed by atoms with Gasteiger partial charge in [0.05, 0.1) is 11.5 Å². The zero-order chi connectivity index (χ0) is 52.8. The van der Waals surface area contributed by atoms with Gasteiger partial charge >= 0.3 is 0 Å². The molecule has 0 radical (unpaired) electrons. The van der Waals surface area contributed by atoms with E-state index in [1.807, 2.05) is 44.1 Å². The van der Waals surface area contributed by atoms with E-state index in [0.29, 0.717) is 49.5 Å². The van der Waals surface area contributed by atoms with Gasteiger partial charge < -0.3 is 34.5 Å². The van der Waals surface area contributed by atoms with Crippen LogP contribution in [0.3, 0.4) is 0 Å². The number of rotatable bonds is 18. The first kappa shape index (κ1) is 54.4. The largest absolute Gasteiger partial charge is 0.391 e. The number of anilines is 1. The first-order valence-electron chi connectivity index (χ1n) is 26.4. The fraction of sp³-hybridized carbons (Fsp3) is 0.526. The van der Waals surface area contributed by atoms with Crippen LogP contribution in [0.5, 0.6) is 0 Å². The molecule has 3 unspecified atom stereocenters. The molecule has 2 aromatic heterocycles. The Labute approximate surface area is 435 Å². The van der Waals surface area contributed by atoms with Gasteiger partial charge in [-0.1, -0.05) is 18.2 Å². The molecule has 3 atom stereocenters. The molecule has 74 heavy (non-hydrogen) atoms. The predicted molar refractivity (Wildman–Crippen MR) is 285 cm³/mol. The maximum Gasteiger partial charge on any atom is 0.253 e. The average Bonchev–Trinajstić information content (AvgIpc) is 4.12. The predicted octanol–water partition coefficient (Wildman–Crippen LogP) is 6.52. The fourth-order valence-corrected chi connectivity index (χ4v) is 12.0. The molecule has 1 saturated carbocycles. The summed E-state index contributed by atoms with van der Waals surface area (Å²) in [5.74, 6) is 2.81. The minimum Gasteiger partial charge on any atom is -0.391 e. The Morgan fingerprint density at radius 3 is 2.34 bits per heavy atom. The lowest BCUT2D eigenvalue weighted by Gasteiger charge is -2.39. The number of likely N-dealkylation sites (tertiary alicyclic amines) is 1. The Kier molecular flexibility index (Phi) is 17.5. The number of carbonyl (C=O) groups is 4. The summed E-state index contributed by atoms with van der Waals surface area (Å²) in [4.78, 5) is 67.5. The topological polar surface area (TPSA) is 162 Å². The van der Waals surface area contributed by atoms with Crippen LogP contribution in [-0.2, 0) is 44.5 Å². The number of ether oxygens (including phenoxy) is 1. The quantitative estimate of drug-likeness (QED) is 0.0736. The molecule has 3 amide bonds. The molecule has 0 bridgehead atoms. The van der Waals surface area contributed by atoms with Crippen LogP contribution >= 0.6 is 0 Å². The van der Waals surface area contributed by atoms with Crippen LogP contribution in [0.25, 0.3) is 16.6 Å². The van der Waals surface area contributed by atoms with Crippen LogP contribution in [0.15, 0.2) is 66.5 Å². The van der Waals surface area contributed by atoms with Crippen molar-refractivity contribution in [3.63, 3.8) is 0 Å². The molecule has 1 spiro atoms. The van der Waals surface area contributed by atoms with Gasteiger partial charge in [0, 0.05) is 152 Å². The molecule has 2 aromatic carbocycles. The summed E-state index contributed by atoms with van der Waals surface area (Å²) in [6.45, 7) is 14.6. The van der Waals surface area contributed by atoms with Gasteiger partial charge in [-0.25, -0.2) is 9.37 Å². The summed E-state index contributed by atoms with van der Waals surface area (Å²) in [6, 6.07) is 13.4. The van der Waals surface area contributed by atoms with E-state index in [1.54, 1.807) is 19.1 Å². The number of likely N-dealkylation sites (N-methyl/N-ethyl adjacent to an activating group) is 2. The van der Waals surface area contributed by atoms with Crippen molar-refractivity contribution in [2.24, 2.45) is 18.9 Å². The summed E-state index contributed by atoms with van der Waals surface area (Å²) >= 11 is 0. The Bertz CT molecular complexity index is 2730. The molecule has 6 heterocycles. The SMILES string of the molecule is CNC(=O)C(CCC=O)N1C(=O)C2(CC2)c2cc(CN3CCN(CC4CCN(C(=O)c5cc(C)c(C6=CCN(C(C)c7cc8c(C/C(=C\C(C)OC)NC)ccnc8n7C)CC6)c(F)c5)CC4)CC3)ccc21.NF. The first-order chi connectivity index (χ1) is 35.8. The number of piperidine rings is 1. The number of halogens is 2. The number of aryl methyl sites for hydroxylation is 2. The Hall–Kier alpha value is -5.85. The molecule has 5 aliphatic rings. The summed E-state index contributed by atoms with van der Waals surface area (Å²) in [6.07, 6.45) is 12.4. The number of carbonyl (C=O) groups excluding carboxylic acids is 4. The van der Waals surface area contributed by atoms with E-state index in [9.17, 15) is 19.2 Å². The second-order valence-electron chi connectivity index (χ2n) is 21.0. The normalized spacial score (nSPS) is 19.7. The van der Waals surface area contributed by atoms with E-state index in [4.69, 9.17) is 14.2 Å². The molecular weight excluding hydrogens is 943 g/mol. The van der Waals surface area contributed by atoms with Crippen molar-refractivity contribution in [3.05, 3.63) is 111 Å². The van der Waals surface area contributed by atoms with Gasteiger partial charge in [-0.2, -0.15) is 5.96 Å². The number of piperazine rings is 1. The van der Waals surface area contributed by atoms with Gasteiger partial charge in [0.1, 0.15) is 23.8 Å². The molecular formula is C57H76F2N10O5. The molecule has 15 nitrogen and oxygen atoms in total. The summed E-state index contributed by atoms with van der Waals surface area (Å²) in [5.41, 5.74) is 9.73. The third-order valence-electron chi connectivity index (χ3n) is 16.6. The number of aldehydes is 1. The van der Waals surface area contributed by atoms with Crippen LogP contribution in [0.1, 0.15) is 109 Å². The van der Waals surface area contributed by atoms with Crippen LogP contribution in [-0.4, -0.2) is 145 Å². The Balaban J connectivity index is 0.00000360. The molecule has 4 aliphatic heterocycles. The third-order valence-corrected chi connectivity index (χ3v) is 16.6. The zero-order valence-electron chi connectivity index (χ0n) is 44.4. The van der Waals surface area contributed by atoms with Crippen LogP contribution in [0, 0.1) is 18.7 Å². The highest BCUT2D eigenvalue weighted by Crippen LogP contribution is 2.58. The monoisotopic (exact) mass is 1020 g/mol. The number of aromatic nitrogens is 2. The molecule has 2 saturated heterocycles. The van der Waals surface area contributed by atoms with Gasteiger partial charge in [-0.05, 0) is 129 Å². The van der Waals surface area contributed by atoms with Gasteiger partial charge in [-0.3, -0.25) is 29.1 Å². The average molecular weight is 1020 g/mol. The molecule has 4 aromatic rings. The lowest BCUT2D eigenvalue weighted by atomic mass is 9.92. The molecule has 4 N–H and O–H groups in total. The number of pyridine rings is 1. The molecule has 398 valence electrons. The maximum atomic E-state index is 16.1. The second kappa shape index (κ2) is 23.8. The minimum atomic E-state index is -0.701. The smallest absolute Gasteiger partial charge is 0.253 e. The van der Waals surface area contributed by atoms with Crippen molar-refractivity contribution in [2.45, 2.75) is 102 Å². The molecule has 9 rings (SSSR count). The van der Waals surface area contributed by atoms with Crippen molar-refractivity contribution < 1.29 is 32.8 Å². The van der Waals surface area contributed by atoms with E-state index >= 15 is 4.39 Å². The summed E-state index contributed by atoms with van der Waals surface area (Å²) in [7, 11) is 7.31. The number of nitrogens with zero attached hydrogens (tertiary/aromatic N) is 7. The highest BCUT2D eigenvalue weighted by Gasteiger charge is 2.60. The highest BCUT2D eigenvalue weighted by molar-refractivity contribution is 6.13. The van der Waals surface area contributed by atoms with Crippen LogP contribution in [0.2, 0.25) is 0 Å². The summed E-state index contributed by atoms with van der Waals surface area (Å²) < 4.78 is 32.8. The van der Waals surface area contributed by atoms with Crippen LogP contribution in [0.4, 0.5) is 14.6 Å². The Morgan fingerprint density at radius 1 is 0.973 bits per heavy atom. The van der Waals surface area contributed by atoms with Gasteiger partial charge in [-0.15, -0.1) is 4.48 Å². The molecule has 3 fully saturated rings. The number of fused-ring (bicyclic) bond motifs is 3. The van der Waals surface area contributed by atoms with Crippen molar-refractivity contribution in [1.82, 2.24) is 39.8 Å². The van der Waals surface area contributed by atoms with Crippen molar-refractivity contribution in [1.29, 1.82) is 0 Å². The number of nitrogens with two attached hydrogens (primary N) is 1. The fourth-order valence-electron chi connectivity index (χ4n) is 12.0. The minimum absolute atomic E-state index is 0.00490. The van der Waals surface area contributed by atoms with E-state index in [1.165, 1.54) is 22.9 Å². The summed E-state index contributed by atoms with van der Waals surface area (Å²) in [5, 5.41) is 7.17. The van der Waals surface area contributed by atoms with Gasteiger partial charge in [0.2, 0.25) is 11.8 Å². The van der Waals surface area contributed by atoms with E-state index in [-0.39, 0.29) is 42.1 Å². The van der Waals surface area contributed by atoms with E-state index < -0.39 is 11.5 Å². The second-order valence-corrected chi connectivity index (χ2v) is 21.0. The highest BCUT2D eigenvalue weighted by atomic mass is 19.2. The van der Waals surface area contributed by atoms with E-state index in [2.05, 4.69) is 86.2 Å². The third kappa shape index (κ3) is 11.2. The van der Waals surface area contributed by atoms with Crippen molar-refractivity contribution in [3.8, 4) is 0 Å². The molecule has 17 heteroatoms. The first-order valence-corrected chi connectivity index (χ1v) is 26.4. The van der Waals surface area contributed by atoms with E-state index in [0.717, 1.165) is 123 Å². The number of benzene rings is 2. The number of allylic oxidation sites excluding steroid dienone is 1. The van der Waals surface area contributed by atoms with Gasteiger partial charge in [0.25, 0.3) is 5.91 Å². The number of nitrogens with one attached hydrogen (secondary N) is 2. The van der Waals surface area contributed by atoms with Gasteiger partial charge in [0.15, 0.2) is 0 Å². The number of amides is 3. The Morgan fingerprint density at radius 2 is 1.70 bits per heavy atom. The zero-order valence-corrected chi connectivity index (χ0v) is 44.4. The lowest BCUT2D eigenvalue weighted by molar-refractivity contribution is -0.127. The number of hydrogen-bond acceptors (Lipinski definition) is 11. The van der Waals surface area contributed by atoms with Crippen LogP contribution < -0.4 is 21.5 Å². The lowest BCUT2D eigenvalue weighted by Crippen LogP contribution is -2.49. The number of hydrogen-bond donors (Lipinski definition) is 3. The number of methoxy groups -OCH3 is 1. The molecule has 1 aliphatic carbocycles.